The number of hydrogen-bond donors (Lipinski definition) is 1. The van der Waals surface area contributed by atoms with E-state index in [0.29, 0.717) is 12.5 Å². The molecule has 0 aliphatic rings. The van der Waals surface area contributed by atoms with Crippen molar-refractivity contribution in [3.63, 3.8) is 0 Å². The Morgan fingerprint density at radius 3 is 2.89 bits per heavy atom. The van der Waals surface area contributed by atoms with Gasteiger partial charge in [0, 0.05) is 19.2 Å². The van der Waals surface area contributed by atoms with Crippen LogP contribution in [0.25, 0.3) is 0 Å². The summed E-state index contributed by atoms with van der Waals surface area (Å²) in [6, 6.07) is 1.96. The average Bonchev–Trinajstić information content (AvgIpc) is 2.76. The molecule has 1 aromatic heterocycles. The average molecular weight is 269 g/mol. The molecule has 0 saturated carbocycles. The molecule has 1 N–H and O–H groups in total. The van der Waals surface area contributed by atoms with Crippen LogP contribution in [-0.4, -0.2) is 43.8 Å². The van der Waals surface area contributed by atoms with E-state index < -0.39 is 0 Å². The molecule has 0 saturated heterocycles. The third kappa shape index (κ3) is 7.97. The summed E-state index contributed by atoms with van der Waals surface area (Å²) >= 11 is 0. The first kappa shape index (κ1) is 16.1. The fourth-order valence-corrected chi connectivity index (χ4v) is 1.65. The van der Waals surface area contributed by atoms with Crippen LogP contribution in [0.2, 0.25) is 0 Å². The number of rotatable bonds is 10. The predicted octanol–water partition coefficient (Wildman–Crippen LogP) is 1.89. The van der Waals surface area contributed by atoms with E-state index >= 15 is 0 Å². The standard InChI is InChI=1S/C14H27N3O2/c1-12(2)9-15-10-13-8-14(19-16-13)11-18-7-5-6-17(3)4/h8,12,15H,5-7,9-11H2,1-4H3. The van der Waals surface area contributed by atoms with Gasteiger partial charge in [0.15, 0.2) is 5.76 Å². The van der Waals surface area contributed by atoms with Crippen LogP contribution in [0.4, 0.5) is 0 Å². The van der Waals surface area contributed by atoms with Gasteiger partial charge < -0.3 is 19.5 Å². The molecule has 19 heavy (non-hydrogen) atoms. The molecule has 0 aromatic carbocycles. The Balaban J connectivity index is 2.12. The minimum atomic E-state index is 0.505. The quantitative estimate of drug-likeness (QED) is 0.657. The number of hydrogen-bond acceptors (Lipinski definition) is 5. The van der Waals surface area contributed by atoms with Crippen molar-refractivity contribution in [1.82, 2.24) is 15.4 Å². The van der Waals surface area contributed by atoms with Crippen LogP contribution in [0.1, 0.15) is 31.7 Å². The summed E-state index contributed by atoms with van der Waals surface area (Å²) in [5.74, 6) is 1.44. The van der Waals surface area contributed by atoms with Crippen molar-refractivity contribution in [3.05, 3.63) is 17.5 Å². The molecule has 0 spiro atoms. The van der Waals surface area contributed by atoms with Gasteiger partial charge in [-0.1, -0.05) is 19.0 Å². The van der Waals surface area contributed by atoms with E-state index in [0.717, 1.165) is 44.1 Å². The number of aromatic nitrogens is 1. The zero-order chi connectivity index (χ0) is 14.1. The lowest BCUT2D eigenvalue weighted by Gasteiger charge is -2.08. The van der Waals surface area contributed by atoms with Gasteiger partial charge in [-0.25, -0.2) is 0 Å². The topological polar surface area (TPSA) is 50.5 Å². The van der Waals surface area contributed by atoms with Crippen molar-refractivity contribution in [3.8, 4) is 0 Å². The molecule has 0 aliphatic heterocycles. The lowest BCUT2D eigenvalue weighted by atomic mass is 10.2. The second kappa shape index (κ2) is 9.07. The van der Waals surface area contributed by atoms with Crippen molar-refractivity contribution < 1.29 is 9.26 Å². The Labute approximate surface area is 116 Å². The van der Waals surface area contributed by atoms with Gasteiger partial charge in [0.05, 0.1) is 5.69 Å². The Morgan fingerprint density at radius 2 is 2.21 bits per heavy atom. The van der Waals surface area contributed by atoms with Crippen LogP contribution in [0.3, 0.4) is 0 Å². The summed E-state index contributed by atoms with van der Waals surface area (Å²) in [4.78, 5) is 2.15. The van der Waals surface area contributed by atoms with E-state index in [1.807, 2.05) is 6.07 Å². The maximum Gasteiger partial charge on any atom is 0.162 e. The molecule has 5 heteroatoms. The smallest absolute Gasteiger partial charge is 0.162 e. The van der Waals surface area contributed by atoms with Crippen molar-refractivity contribution in [2.45, 2.75) is 33.4 Å². The first-order valence-electron chi connectivity index (χ1n) is 6.95. The summed E-state index contributed by atoms with van der Waals surface area (Å²) < 4.78 is 10.8. The van der Waals surface area contributed by atoms with E-state index in [9.17, 15) is 0 Å². The number of nitrogens with one attached hydrogen (secondary N) is 1. The Hall–Kier alpha value is -0.910. The monoisotopic (exact) mass is 269 g/mol. The van der Waals surface area contributed by atoms with Gasteiger partial charge >= 0.3 is 0 Å². The van der Waals surface area contributed by atoms with E-state index in [1.165, 1.54) is 0 Å². The van der Waals surface area contributed by atoms with Gasteiger partial charge in [0.25, 0.3) is 0 Å². The van der Waals surface area contributed by atoms with Crippen molar-refractivity contribution >= 4 is 0 Å². The third-order valence-electron chi connectivity index (χ3n) is 2.60. The molecule has 1 heterocycles. The van der Waals surface area contributed by atoms with Crippen LogP contribution in [0.15, 0.2) is 10.6 Å². The van der Waals surface area contributed by atoms with Crippen LogP contribution in [-0.2, 0) is 17.9 Å². The molecular formula is C14H27N3O2. The highest BCUT2D eigenvalue weighted by Crippen LogP contribution is 2.05. The van der Waals surface area contributed by atoms with Gasteiger partial charge in [-0.05, 0) is 39.5 Å². The highest BCUT2D eigenvalue weighted by Gasteiger charge is 2.04. The van der Waals surface area contributed by atoms with Crippen LogP contribution < -0.4 is 5.32 Å². The normalized spacial score (nSPS) is 11.7. The summed E-state index contributed by atoms with van der Waals surface area (Å²) in [5.41, 5.74) is 0.938. The first-order valence-corrected chi connectivity index (χ1v) is 6.95. The van der Waals surface area contributed by atoms with E-state index in [-0.39, 0.29) is 0 Å². The molecule has 0 bridgehead atoms. The SMILES string of the molecule is CC(C)CNCc1cc(COCCCN(C)C)on1. The molecule has 110 valence electrons. The fraction of sp³-hybridized carbons (Fsp3) is 0.786. The lowest BCUT2D eigenvalue weighted by Crippen LogP contribution is -2.19. The minimum absolute atomic E-state index is 0.505. The molecule has 0 aliphatic carbocycles. The van der Waals surface area contributed by atoms with E-state index in [1.54, 1.807) is 0 Å². The van der Waals surface area contributed by atoms with Gasteiger partial charge in [-0.2, -0.15) is 0 Å². The molecule has 0 radical (unpaired) electrons. The third-order valence-corrected chi connectivity index (χ3v) is 2.60. The molecule has 0 fully saturated rings. The molecule has 0 atom stereocenters. The van der Waals surface area contributed by atoms with Gasteiger partial charge in [0.1, 0.15) is 6.61 Å². The van der Waals surface area contributed by atoms with Gasteiger partial charge in [0.2, 0.25) is 0 Å². The first-order chi connectivity index (χ1) is 9.08. The Kier molecular flexibility index (Phi) is 7.70. The maximum absolute atomic E-state index is 5.55. The summed E-state index contributed by atoms with van der Waals surface area (Å²) in [7, 11) is 4.12. The highest BCUT2D eigenvalue weighted by atomic mass is 16.5. The summed E-state index contributed by atoms with van der Waals surface area (Å²) in [6.07, 6.45) is 1.03. The lowest BCUT2D eigenvalue weighted by molar-refractivity contribution is 0.0948. The van der Waals surface area contributed by atoms with Crippen LogP contribution >= 0.6 is 0 Å². The predicted molar refractivity (Wildman–Crippen MR) is 75.9 cm³/mol. The second-order valence-electron chi connectivity index (χ2n) is 5.52. The number of nitrogens with zero attached hydrogens (tertiary/aromatic N) is 2. The summed E-state index contributed by atoms with van der Waals surface area (Å²) in [5, 5.41) is 7.35. The van der Waals surface area contributed by atoms with Gasteiger partial charge in [-0.15, -0.1) is 0 Å². The van der Waals surface area contributed by atoms with Crippen LogP contribution in [0.5, 0.6) is 0 Å². The Bertz CT molecular complexity index is 337. The highest BCUT2D eigenvalue weighted by molar-refractivity contribution is 5.04. The Morgan fingerprint density at radius 1 is 1.42 bits per heavy atom. The van der Waals surface area contributed by atoms with Gasteiger partial charge in [-0.3, -0.25) is 0 Å². The molecule has 0 amide bonds. The minimum Gasteiger partial charge on any atom is -0.373 e. The zero-order valence-corrected chi connectivity index (χ0v) is 12.6. The van der Waals surface area contributed by atoms with E-state index in [4.69, 9.17) is 9.26 Å². The van der Waals surface area contributed by atoms with Crippen LogP contribution in [0, 0.1) is 5.92 Å². The van der Waals surface area contributed by atoms with Crippen molar-refractivity contribution in [2.75, 3.05) is 33.8 Å². The summed E-state index contributed by atoms with van der Waals surface area (Å²) in [6.45, 7) is 8.41. The molecular weight excluding hydrogens is 242 g/mol. The fourth-order valence-electron chi connectivity index (χ4n) is 1.65. The second-order valence-corrected chi connectivity index (χ2v) is 5.52. The van der Waals surface area contributed by atoms with E-state index in [2.05, 4.69) is 43.3 Å². The van der Waals surface area contributed by atoms with Crippen molar-refractivity contribution in [2.24, 2.45) is 5.92 Å². The molecule has 5 nitrogen and oxygen atoms in total. The molecule has 0 unspecified atom stereocenters. The number of ether oxygens (including phenoxy) is 1. The largest absolute Gasteiger partial charge is 0.373 e. The maximum atomic E-state index is 5.55. The molecule has 1 aromatic rings. The van der Waals surface area contributed by atoms with Crippen molar-refractivity contribution in [1.29, 1.82) is 0 Å². The molecule has 1 rings (SSSR count). The zero-order valence-electron chi connectivity index (χ0n) is 12.6.